The van der Waals surface area contributed by atoms with Crippen molar-refractivity contribution in [3.05, 3.63) is 0 Å². The van der Waals surface area contributed by atoms with Crippen LogP contribution >= 0.6 is 0 Å². The lowest BCUT2D eigenvalue weighted by Gasteiger charge is -2.39. The first-order valence-electron chi connectivity index (χ1n) is 6.36. The molecule has 1 amide bonds. The molecule has 92 valence electrons. The zero-order chi connectivity index (χ0) is 12.0. The normalized spacial score (nSPS) is 31.2. The summed E-state index contributed by atoms with van der Waals surface area (Å²) in [6.45, 7) is 8.47. The Morgan fingerprint density at radius 2 is 1.75 bits per heavy atom. The van der Waals surface area contributed by atoms with Crippen molar-refractivity contribution in [2.24, 2.45) is 11.3 Å². The maximum Gasteiger partial charge on any atom is 0.226 e. The smallest absolute Gasteiger partial charge is 0.226 e. The van der Waals surface area contributed by atoms with E-state index in [9.17, 15) is 4.79 Å². The molecule has 0 bridgehead atoms. The van der Waals surface area contributed by atoms with Gasteiger partial charge in [-0.25, -0.2) is 0 Å². The number of carbonyl (C=O) groups is 1. The number of piperidine rings is 1. The zero-order valence-electron chi connectivity index (χ0n) is 11.0. The summed E-state index contributed by atoms with van der Waals surface area (Å²) in [4.78, 5) is 14.2. The van der Waals surface area contributed by atoms with Crippen molar-refractivity contribution in [1.29, 1.82) is 0 Å². The Bertz CT molecular complexity index is 290. The Hall–Kier alpha value is -0.570. The Morgan fingerprint density at radius 1 is 1.25 bits per heavy atom. The predicted molar refractivity (Wildman–Crippen MR) is 65.2 cm³/mol. The fourth-order valence-corrected chi connectivity index (χ4v) is 2.58. The van der Waals surface area contributed by atoms with Crippen LogP contribution in [-0.2, 0) is 4.79 Å². The second-order valence-corrected chi connectivity index (χ2v) is 6.38. The summed E-state index contributed by atoms with van der Waals surface area (Å²) in [5, 5.41) is 3.36. The monoisotopic (exact) mass is 224 g/mol. The van der Waals surface area contributed by atoms with Gasteiger partial charge < -0.3 is 10.2 Å². The zero-order valence-corrected chi connectivity index (χ0v) is 11.0. The standard InChI is InChI=1S/C13H24N2O/c1-12(2)9-10(12)11(16)15-7-5-13(3,14-4)6-8-15/h10,14H,5-9H2,1-4H3. The van der Waals surface area contributed by atoms with Gasteiger partial charge >= 0.3 is 0 Å². The van der Waals surface area contributed by atoms with Gasteiger partial charge in [-0.15, -0.1) is 0 Å². The SMILES string of the molecule is CNC1(C)CCN(C(=O)C2CC2(C)C)CC1. The molecule has 0 aromatic rings. The average molecular weight is 224 g/mol. The summed E-state index contributed by atoms with van der Waals surface area (Å²) in [7, 11) is 2.02. The molecular formula is C13H24N2O. The van der Waals surface area contributed by atoms with Crippen molar-refractivity contribution in [2.45, 2.75) is 45.6 Å². The van der Waals surface area contributed by atoms with E-state index >= 15 is 0 Å². The predicted octanol–water partition coefficient (Wildman–Crippen LogP) is 1.63. The lowest BCUT2D eigenvalue weighted by molar-refractivity contribution is -0.134. The van der Waals surface area contributed by atoms with Gasteiger partial charge in [-0.3, -0.25) is 4.79 Å². The largest absolute Gasteiger partial charge is 0.342 e. The number of amides is 1. The minimum Gasteiger partial charge on any atom is -0.342 e. The van der Waals surface area contributed by atoms with Gasteiger partial charge in [0.2, 0.25) is 5.91 Å². The molecule has 1 atom stereocenters. The fraction of sp³-hybridized carbons (Fsp3) is 0.923. The van der Waals surface area contributed by atoms with Gasteiger partial charge in [-0.05, 0) is 38.6 Å². The van der Waals surface area contributed by atoms with E-state index in [-0.39, 0.29) is 11.0 Å². The molecule has 3 nitrogen and oxygen atoms in total. The fourth-order valence-electron chi connectivity index (χ4n) is 2.58. The molecule has 1 saturated heterocycles. The van der Waals surface area contributed by atoms with Crippen LogP contribution in [0.1, 0.15) is 40.0 Å². The molecule has 0 aromatic carbocycles. The quantitative estimate of drug-likeness (QED) is 0.773. The number of hydrogen-bond donors (Lipinski definition) is 1. The minimum atomic E-state index is 0.232. The molecule has 2 fully saturated rings. The van der Waals surface area contributed by atoms with Gasteiger partial charge in [-0.2, -0.15) is 0 Å². The second kappa shape index (κ2) is 3.73. The van der Waals surface area contributed by atoms with E-state index in [1.807, 2.05) is 7.05 Å². The summed E-state index contributed by atoms with van der Waals surface area (Å²) in [5.74, 6) is 0.689. The van der Waals surface area contributed by atoms with Gasteiger partial charge in [0.05, 0.1) is 0 Å². The molecule has 16 heavy (non-hydrogen) atoms. The highest BCUT2D eigenvalue weighted by molar-refractivity contribution is 5.82. The summed E-state index contributed by atoms with van der Waals surface area (Å²) in [5.41, 5.74) is 0.497. The number of nitrogens with one attached hydrogen (secondary N) is 1. The molecule has 1 N–H and O–H groups in total. The molecule has 1 unspecified atom stereocenters. The van der Waals surface area contributed by atoms with Crippen LogP contribution in [0.3, 0.4) is 0 Å². The van der Waals surface area contributed by atoms with Gasteiger partial charge in [0.1, 0.15) is 0 Å². The molecule has 1 heterocycles. The molecule has 1 aliphatic carbocycles. The van der Waals surface area contributed by atoms with E-state index in [0.29, 0.717) is 11.8 Å². The third kappa shape index (κ3) is 2.10. The van der Waals surface area contributed by atoms with Crippen LogP contribution in [0.25, 0.3) is 0 Å². The van der Waals surface area contributed by atoms with Crippen LogP contribution in [0.4, 0.5) is 0 Å². The molecular weight excluding hydrogens is 200 g/mol. The Morgan fingerprint density at radius 3 is 2.12 bits per heavy atom. The number of nitrogens with zero attached hydrogens (tertiary/aromatic N) is 1. The van der Waals surface area contributed by atoms with Crippen LogP contribution in [0.2, 0.25) is 0 Å². The van der Waals surface area contributed by atoms with Crippen LogP contribution in [0, 0.1) is 11.3 Å². The van der Waals surface area contributed by atoms with Crippen LogP contribution in [-0.4, -0.2) is 36.5 Å². The van der Waals surface area contributed by atoms with E-state index in [1.54, 1.807) is 0 Å². The van der Waals surface area contributed by atoms with Crippen molar-refractivity contribution in [1.82, 2.24) is 10.2 Å². The average Bonchev–Trinajstić information content (AvgIpc) is 2.88. The van der Waals surface area contributed by atoms with Gasteiger partial charge in [0.25, 0.3) is 0 Å². The molecule has 0 aromatic heterocycles. The first-order chi connectivity index (χ1) is 7.38. The highest BCUT2D eigenvalue weighted by Gasteiger charge is 2.52. The molecule has 0 spiro atoms. The number of likely N-dealkylation sites (tertiary alicyclic amines) is 1. The van der Waals surface area contributed by atoms with Gasteiger partial charge in [0.15, 0.2) is 0 Å². The Labute approximate surface area is 98.6 Å². The molecule has 2 aliphatic rings. The topological polar surface area (TPSA) is 32.3 Å². The molecule has 3 heteroatoms. The minimum absolute atomic E-state index is 0.232. The number of carbonyl (C=O) groups excluding carboxylic acids is 1. The maximum atomic E-state index is 12.2. The van der Waals surface area contributed by atoms with Crippen molar-refractivity contribution in [3.63, 3.8) is 0 Å². The Balaban J connectivity index is 1.88. The third-order valence-corrected chi connectivity index (χ3v) is 4.59. The molecule has 0 radical (unpaired) electrons. The van der Waals surface area contributed by atoms with Crippen molar-refractivity contribution >= 4 is 5.91 Å². The third-order valence-electron chi connectivity index (χ3n) is 4.59. The lowest BCUT2D eigenvalue weighted by atomic mass is 9.89. The lowest BCUT2D eigenvalue weighted by Crippen LogP contribution is -2.51. The summed E-state index contributed by atoms with van der Waals surface area (Å²) < 4.78 is 0. The van der Waals surface area contributed by atoms with E-state index in [0.717, 1.165) is 32.4 Å². The first kappa shape index (κ1) is 11.9. The number of hydrogen-bond acceptors (Lipinski definition) is 2. The van der Waals surface area contributed by atoms with E-state index in [1.165, 1.54) is 0 Å². The highest BCUT2D eigenvalue weighted by atomic mass is 16.2. The van der Waals surface area contributed by atoms with Crippen LogP contribution < -0.4 is 5.32 Å². The maximum absolute atomic E-state index is 12.2. The Kier molecular flexibility index (Phi) is 2.77. The summed E-state index contributed by atoms with van der Waals surface area (Å²) >= 11 is 0. The second-order valence-electron chi connectivity index (χ2n) is 6.38. The first-order valence-corrected chi connectivity index (χ1v) is 6.36. The van der Waals surface area contributed by atoms with Crippen molar-refractivity contribution < 1.29 is 4.79 Å². The highest BCUT2D eigenvalue weighted by Crippen LogP contribution is 2.52. The molecule has 2 rings (SSSR count). The molecule has 1 aliphatic heterocycles. The van der Waals surface area contributed by atoms with E-state index in [4.69, 9.17) is 0 Å². The van der Waals surface area contributed by atoms with Crippen molar-refractivity contribution in [3.8, 4) is 0 Å². The van der Waals surface area contributed by atoms with Crippen LogP contribution in [0.15, 0.2) is 0 Å². The van der Waals surface area contributed by atoms with Crippen molar-refractivity contribution in [2.75, 3.05) is 20.1 Å². The van der Waals surface area contributed by atoms with E-state index in [2.05, 4.69) is 31.0 Å². The molecule has 1 saturated carbocycles. The number of rotatable bonds is 2. The van der Waals surface area contributed by atoms with Gasteiger partial charge in [0, 0.05) is 24.5 Å². The van der Waals surface area contributed by atoms with Crippen LogP contribution in [0.5, 0.6) is 0 Å². The van der Waals surface area contributed by atoms with Gasteiger partial charge in [-0.1, -0.05) is 13.8 Å². The summed E-state index contributed by atoms with van der Waals surface area (Å²) in [6.07, 6.45) is 3.22. The summed E-state index contributed by atoms with van der Waals surface area (Å²) in [6, 6.07) is 0. The van der Waals surface area contributed by atoms with E-state index < -0.39 is 0 Å².